The van der Waals surface area contributed by atoms with Crippen LogP contribution in [0.5, 0.6) is 0 Å². The number of thioether (sulfide) groups is 1. The van der Waals surface area contributed by atoms with Gasteiger partial charge in [-0.25, -0.2) is 4.98 Å². The second kappa shape index (κ2) is 4.91. The molecule has 0 aliphatic rings. The molecule has 1 heterocycles. The van der Waals surface area contributed by atoms with Crippen molar-refractivity contribution in [2.24, 2.45) is 0 Å². The van der Waals surface area contributed by atoms with Gasteiger partial charge in [-0.05, 0) is 19.2 Å². The molecule has 1 unspecified atom stereocenters. The minimum Gasteiger partial charge on any atom is -0.384 e. The molecule has 72 valence electrons. The highest BCUT2D eigenvalue weighted by molar-refractivity contribution is 7.98. The minimum atomic E-state index is 0.358. The van der Waals surface area contributed by atoms with Gasteiger partial charge in [0.1, 0.15) is 5.82 Å². The molecule has 0 radical (unpaired) electrons. The van der Waals surface area contributed by atoms with E-state index in [2.05, 4.69) is 28.5 Å². The number of anilines is 2. The molecule has 1 rings (SSSR count). The highest BCUT2D eigenvalue weighted by Gasteiger charge is 2.02. The first-order chi connectivity index (χ1) is 6.22. The Morgan fingerprint density at radius 2 is 2.46 bits per heavy atom. The number of aromatic nitrogens is 2. The zero-order valence-corrected chi connectivity index (χ0v) is 8.64. The van der Waals surface area contributed by atoms with E-state index in [0.29, 0.717) is 17.8 Å². The van der Waals surface area contributed by atoms with Gasteiger partial charge in [-0.2, -0.15) is 16.7 Å². The van der Waals surface area contributed by atoms with Crippen LogP contribution >= 0.6 is 11.8 Å². The Kier molecular flexibility index (Phi) is 3.82. The average molecular weight is 198 g/mol. The summed E-state index contributed by atoms with van der Waals surface area (Å²) in [5, 5.41) is 3.16. The predicted molar refractivity (Wildman–Crippen MR) is 57.9 cm³/mol. The normalized spacial score (nSPS) is 12.5. The van der Waals surface area contributed by atoms with Crippen molar-refractivity contribution in [2.45, 2.75) is 13.0 Å². The van der Waals surface area contributed by atoms with Gasteiger partial charge in [0.05, 0.1) is 0 Å². The van der Waals surface area contributed by atoms with Crippen LogP contribution in [0.1, 0.15) is 6.92 Å². The molecule has 13 heavy (non-hydrogen) atoms. The first kappa shape index (κ1) is 10.1. The number of hydrogen-bond donors (Lipinski definition) is 2. The Labute approximate surface area is 82.3 Å². The molecule has 1 aromatic heterocycles. The number of hydrogen-bond acceptors (Lipinski definition) is 5. The number of rotatable bonds is 4. The largest absolute Gasteiger partial charge is 0.384 e. The summed E-state index contributed by atoms with van der Waals surface area (Å²) in [6.07, 6.45) is 3.72. The summed E-state index contributed by atoms with van der Waals surface area (Å²) in [5.74, 6) is 2.12. The van der Waals surface area contributed by atoms with E-state index in [9.17, 15) is 0 Å². The van der Waals surface area contributed by atoms with Gasteiger partial charge in [-0.15, -0.1) is 0 Å². The molecule has 1 aromatic rings. The summed E-state index contributed by atoms with van der Waals surface area (Å²) >= 11 is 1.78. The van der Waals surface area contributed by atoms with Crippen molar-refractivity contribution in [1.29, 1.82) is 0 Å². The van der Waals surface area contributed by atoms with Gasteiger partial charge < -0.3 is 11.1 Å². The summed E-state index contributed by atoms with van der Waals surface area (Å²) in [6, 6.07) is 2.03. The SMILES string of the molecule is CSCC(C)Nc1nccc(N)n1. The third kappa shape index (κ3) is 3.50. The fourth-order valence-electron chi connectivity index (χ4n) is 0.954. The zero-order valence-electron chi connectivity index (χ0n) is 7.82. The van der Waals surface area contributed by atoms with Crippen LogP contribution < -0.4 is 11.1 Å². The van der Waals surface area contributed by atoms with Crippen LogP contribution in [0, 0.1) is 0 Å². The third-order valence-electron chi connectivity index (χ3n) is 1.47. The second-order valence-corrected chi connectivity index (χ2v) is 3.72. The lowest BCUT2D eigenvalue weighted by atomic mass is 10.4. The lowest BCUT2D eigenvalue weighted by molar-refractivity contribution is 0.888. The van der Waals surface area contributed by atoms with Crippen molar-refractivity contribution in [3.63, 3.8) is 0 Å². The second-order valence-electron chi connectivity index (χ2n) is 2.81. The van der Waals surface area contributed by atoms with E-state index in [1.165, 1.54) is 0 Å². The third-order valence-corrected chi connectivity index (χ3v) is 2.30. The van der Waals surface area contributed by atoms with Crippen LogP contribution in [0.25, 0.3) is 0 Å². The van der Waals surface area contributed by atoms with E-state index in [1.54, 1.807) is 24.0 Å². The van der Waals surface area contributed by atoms with E-state index in [4.69, 9.17) is 5.73 Å². The van der Waals surface area contributed by atoms with Crippen molar-refractivity contribution < 1.29 is 0 Å². The zero-order chi connectivity index (χ0) is 9.68. The van der Waals surface area contributed by atoms with Crippen LogP contribution in [0.2, 0.25) is 0 Å². The van der Waals surface area contributed by atoms with Gasteiger partial charge in [-0.3, -0.25) is 0 Å². The Balaban J connectivity index is 2.53. The van der Waals surface area contributed by atoms with Crippen LogP contribution in [0.3, 0.4) is 0 Å². The van der Waals surface area contributed by atoms with E-state index >= 15 is 0 Å². The predicted octanol–water partition coefficient (Wildman–Crippen LogP) is 1.22. The van der Waals surface area contributed by atoms with Crippen molar-refractivity contribution >= 4 is 23.5 Å². The fourth-order valence-corrected chi connectivity index (χ4v) is 1.54. The van der Waals surface area contributed by atoms with Crippen molar-refractivity contribution in [3.8, 4) is 0 Å². The van der Waals surface area contributed by atoms with Crippen LogP contribution in [0.4, 0.5) is 11.8 Å². The Morgan fingerprint density at radius 3 is 3.08 bits per heavy atom. The number of nitrogens with two attached hydrogens (primary N) is 1. The lowest BCUT2D eigenvalue weighted by Gasteiger charge is -2.11. The smallest absolute Gasteiger partial charge is 0.224 e. The van der Waals surface area contributed by atoms with E-state index in [0.717, 1.165) is 5.75 Å². The standard InChI is InChI=1S/C8H14N4S/c1-6(5-13-2)11-8-10-4-3-7(9)12-8/h3-4,6H,5H2,1-2H3,(H3,9,10,11,12). The molecular weight excluding hydrogens is 184 g/mol. The van der Waals surface area contributed by atoms with E-state index < -0.39 is 0 Å². The average Bonchev–Trinajstić information content (AvgIpc) is 2.04. The molecule has 3 N–H and O–H groups in total. The molecule has 4 nitrogen and oxygen atoms in total. The molecule has 0 saturated heterocycles. The summed E-state index contributed by atoms with van der Waals surface area (Å²) in [5.41, 5.74) is 5.51. The van der Waals surface area contributed by atoms with Gasteiger partial charge in [0.2, 0.25) is 5.95 Å². The Bertz CT molecular complexity index is 266. The van der Waals surface area contributed by atoms with Gasteiger partial charge in [0.25, 0.3) is 0 Å². The molecule has 0 spiro atoms. The summed E-state index contributed by atoms with van der Waals surface area (Å²) in [6.45, 7) is 2.09. The van der Waals surface area contributed by atoms with Crippen LogP contribution in [-0.2, 0) is 0 Å². The molecular formula is C8H14N4S. The maximum Gasteiger partial charge on any atom is 0.224 e. The molecule has 0 aromatic carbocycles. The molecule has 0 fully saturated rings. The molecule has 0 aliphatic carbocycles. The Morgan fingerprint density at radius 1 is 1.69 bits per heavy atom. The fraction of sp³-hybridized carbons (Fsp3) is 0.500. The highest BCUT2D eigenvalue weighted by Crippen LogP contribution is 2.05. The maximum atomic E-state index is 5.51. The quantitative estimate of drug-likeness (QED) is 0.761. The molecule has 0 saturated carbocycles. The van der Waals surface area contributed by atoms with Crippen molar-refractivity contribution in [3.05, 3.63) is 12.3 Å². The first-order valence-electron chi connectivity index (χ1n) is 4.06. The lowest BCUT2D eigenvalue weighted by Crippen LogP contribution is -2.19. The van der Waals surface area contributed by atoms with Crippen LogP contribution in [-0.4, -0.2) is 28.0 Å². The Hall–Kier alpha value is -0.970. The highest BCUT2D eigenvalue weighted by atomic mass is 32.2. The summed E-state index contributed by atoms with van der Waals surface area (Å²) in [7, 11) is 0. The van der Waals surface area contributed by atoms with Crippen molar-refractivity contribution in [2.75, 3.05) is 23.1 Å². The maximum absolute atomic E-state index is 5.51. The van der Waals surface area contributed by atoms with E-state index in [-0.39, 0.29) is 0 Å². The van der Waals surface area contributed by atoms with Gasteiger partial charge >= 0.3 is 0 Å². The molecule has 0 bridgehead atoms. The monoisotopic (exact) mass is 198 g/mol. The molecule has 1 atom stereocenters. The molecule has 0 aliphatic heterocycles. The van der Waals surface area contributed by atoms with E-state index in [1.807, 2.05) is 0 Å². The molecule has 5 heteroatoms. The summed E-state index contributed by atoms with van der Waals surface area (Å²) in [4.78, 5) is 8.09. The number of nitrogens with zero attached hydrogens (tertiary/aromatic N) is 2. The van der Waals surface area contributed by atoms with Gasteiger partial charge in [-0.1, -0.05) is 0 Å². The number of nitrogens with one attached hydrogen (secondary N) is 1. The van der Waals surface area contributed by atoms with Crippen molar-refractivity contribution in [1.82, 2.24) is 9.97 Å². The first-order valence-corrected chi connectivity index (χ1v) is 5.45. The molecule has 0 amide bonds. The summed E-state index contributed by atoms with van der Waals surface area (Å²) < 4.78 is 0. The van der Waals surface area contributed by atoms with Gasteiger partial charge in [0.15, 0.2) is 0 Å². The topological polar surface area (TPSA) is 63.8 Å². The van der Waals surface area contributed by atoms with Crippen LogP contribution in [0.15, 0.2) is 12.3 Å². The van der Waals surface area contributed by atoms with Gasteiger partial charge in [0, 0.05) is 18.0 Å². The minimum absolute atomic E-state index is 0.358. The number of nitrogen functional groups attached to an aromatic ring is 1.